The average Bonchev–Trinajstić information content (AvgIpc) is 2.26. The maximum Gasteiger partial charge on any atom is 0.410 e. The number of benzene rings is 1. The summed E-state index contributed by atoms with van der Waals surface area (Å²) in [7, 11) is 1.49. The number of halogens is 1. The van der Waals surface area contributed by atoms with Crippen molar-refractivity contribution >= 4 is 27.9 Å². The minimum absolute atomic E-state index is 0.596. The minimum atomic E-state index is -0.873. The Morgan fingerprint density at radius 2 is 1.95 bits per heavy atom. The van der Waals surface area contributed by atoms with Gasteiger partial charge >= 0.3 is 6.09 Å². The van der Waals surface area contributed by atoms with Gasteiger partial charge < -0.3 is 10.5 Å². The zero-order valence-electron chi connectivity index (χ0n) is 12.0. The Morgan fingerprint density at radius 3 is 2.40 bits per heavy atom. The molecule has 0 bridgehead atoms. The second kappa shape index (κ2) is 6.26. The average molecular weight is 343 g/mol. The molecule has 1 aromatic rings. The molecule has 2 N–H and O–H groups in total. The van der Waals surface area contributed by atoms with Crippen molar-refractivity contribution in [3.8, 4) is 0 Å². The van der Waals surface area contributed by atoms with E-state index in [1.54, 1.807) is 39.0 Å². The van der Waals surface area contributed by atoms with Gasteiger partial charge in [0.1, 0.15) is 11.6 Å². The Balaban J connectivity index is 3.03. The Morgan fingerprint density at radius 1 is 1.35 bits per heavy atom. The van der Waals surface area contributed by atoms with Crippen molar-refractivity contribution in [1.29, 1.82) is 0 Å². The molecule has 0 aliphatic rings. The van der Waals surface area contributed by atoms with Crippen LogP contribution >= 0.6 is 15.9 Å². The number of likely N-dealkylation sites (N-methyl/N-ethyl adjacent to an activating group) is 1. The largest absolute Gasteiger partial charge is 0.444 e. The fourth-order valence-corrected chi connectivity index (χ4v) is 2.11. The monoisotopic (exact) mass is 342 g/mol. The summed E-state index contributed by atoms with van der Waals surface area (Å²) < 4.78 is 6.05. The van der Waals surface area contributed by atoms with Crippen LogP contribution in [-0.2, 0) is 9.53 Å². The number of nitrogens with two attached hydrogens (primary N) is 1. The van der Waals surface area contributed by atoms with Crippen LogP contribution in [0.15, 0.2) is 28.7 Å². The maximum absolute atomic E-state index is 12.0. The van der Waals surface area contributed by atoms with Crippen LogP contribution in [0.5, 0.6) is 0 Å². The second-order valence-electron chi connectivity index (χ2n) is 5.45. The summed E-state index contributed by atoms with van der Waals surface area (Å²) in [6.07, 6.45) is -0.596. The minimum Gasteiger partial charge on any atom is -0.444 e. The molecule has 0 heterocycles. The molecule has 0 aromatic heterocycles. The molecular formula is C14H19BrN2O3. The molecule has 6 heteroatoms. The standard InChI is InChI=1S/C14H19BrN2O3/c1-14(2,3)20-13(19)17(4)11(12(16)18)9-6-5-7-10(15)8-9/h5-8,11H,1-4H3,(H2,16,18)/t11-/m0/s1. The van der Waals surface area contributed by atoms with Crippen molar-refractivity contribution < 1.29 is 14.3 Å². The van der Waals surface area contributed by atoms with Gasteiger partial charge in [-0.15, -0.1) is 0 Å². The fourth-order valence-electron chi connectivity index (χ4n) is 1.69. The predicted molar refractivity (Wildman–Crippen MR) is 80.1 cm³/mol. The first-order chi connectivity index (χ1) is 9.11. The molecule has 0 aliphatic carbocycles. The van der Waals surface area contributed by atoms with Crippen LogP contribution in [0.4, 0.5) is 4.79 Å². The van der Waals surface area contributed by atoms with Gasteiger partial charge in [0.05, 0.1) is 0 Å². The summed E-state index contributed by atoms with van der Waals surface area (Å²) in [6, 6.07) is 6.22. The summed E-state index contributed by atoms with van der Waals surface area (Å²) in [5, 5.41) is 0. The number of amides is 2. The first-order valence-corrected chi connectivity index (χ1v) is 6.91. The van der Waals surface area contributed by atoms with Crippen molar-refractivity contribution in [2.24, 2.45) is 5.73 Å². The topological polar surface area (TPSA) is 72.6 Å². The van der Waals surface area contributed by atoms with Gasteiger partial charge in [-0.25, -0.2) is 4.79 Å². The van der Waals surface area contributed by atoms with Crippen LogP contribution < -0.4 is 5.73 Å². The number of nitrogens with zero attached hydrogens (tertiary/aromatic N) is 1. The van der Waals surface area contributed by atoms with Gasteiger partial charge in [-0.2, -0.15) is 0 Å². The first kappa shape index (κ1) is 16.5. The lowest BCUT2D eigenvalue weighted by Crippen LogP contribution is -2.41. The molecule has 1 atom stereocenters. The summed E-state index contributed by atoms with van der Waals surface area (Å²) in [4.78, 5) is 24.9. The van der Waals surface area contributed by atoms with Gasteiger partial charge in [0, 0.05) is 11.5 Å². The number of carbonyl (C=O) groups excluding carboxylic acids is 2. The van der Waals surface area contributed by atoms with E-state index in [2.05, 4.69) is 15.9 Å². The van der Waals surface area contributed by atoms with Gasteiger partial charge in [-0.1, -0.05) is 28.1 Å². The molecule has 2 amide bonds. The number of primary amides is 1. The molecule has 0 spiro atoms. The molecule has 0 unspecified atom stereocenters. The number of rotatable bonds is 3. The molecule has 5 nitrogen and oxygen atoms in total. The van der Waals surface area contributed by atoms with E-state index in [1.807, 2.05) is 6.07 Å². The van der Waals surface area contributed by atoms with Crippen molar-refractivity contribution in [3.05, 3.63) is 34.3 Å². The lowest BCUT2D eigenvalue weighted by atomic mass is 10.1. The van der Waals surface area contributed by atoms with Crippen LogP contribution in [0.25, 0.3) is 0 Å². The van der Waals surface area contributed by atoms with E-state index >= 15 is 0 Å². The lowest BCUT2D eigenvalue weighted by molar-refractivity contribution is -0.123. The summed E-state index contributed by atoms with van der Waals surface area (Å²) in [5.41, 5.74) is 5.41. The first-order valence-electron chi connectivity index (χ1n) is 6.12. The van der Waals surface area contributed by atoms with E-state index in [-0.39, 0.29) is 0 Å². The lowest BCUT2D eigenvalue weighted by Gasteiger charge is -2.29. The Kier molecular flexibility index (Phi) is 5.16. The van der Waals surface area contributed by atoms with Gasteiger partial charge in [0.25, 0.3) is 0 Å². The van der Waals surface area contributed by atoms with Crippen LogP contribution in [-0.4, -0.2) is 29.5 Å². The van der Waals surface area contributed by atoms with Crippen molar-refractivity contribution in [2.75, 3.05) is 7.05 Å². The van der Waals surface area contributed by atoms with Gasteiger partial charge in [-0.3, -0.25) is 9.69 Å². The quantitative estimate of drug-likeness (QED) is 0.917. The number of hydrogen-bond donors (Lipinski definition) is 1. The van der Waals surface area contributed by atoms with Crippen LogP contribution in [0.2, 0.25) is 0 Å². The third kappa shape index (κ3) is 4.52. The van der Waals surface area contributed by atoms with E-state index < -0.39 is 23.6 Å². The van der Waals surface area contributed by atoms with Gasteiger partial charge in [-0.05, 0) is 38.5 Å². The van der Waals surface area contributed by atoms with Crippen molar-refractivity contribution in [1.82, 2.24) is 4.90 Å². The smallest absolute Gasteiger partial charge is 0.410 e. The Labute approximate surface area is 127 Å². The third-order valence-electron chi connectivity index (χ3n) is 2.50. The normalized spacial score (nSPS) is 12.7. The Bertz CT molecular complexity index is 511. The molecule has 0 saturated heterocycles. The SMILES string of the molecule is CN(C(=O)OC(C)(C)C)[C@H](C(N)=O)c1cccc(Br)c1. The fraction of sp³-hybridized carbons (Fsp3) is 0.429. The number of carbonyl (C=O) groups is 2. The zero-order chi connectivity index (χ0) is 15.5. The van der Waals surface area contributed by atoms with Gasteiger partial charge in [0.15, 0.2) is 0 Å². The zero-order valence-corrected chi connectivity index (χ0v) is 13.6. The van der Waals surface area contributed by atoms with Crippen molar-refractivity contribution in [3.63, 3.8) is 0 Å². The van der Waals surface area contributed by atoms with E-state index in [9.17, 15) is 9.59 Å². The molecule has 110 valence electrons. The number of hydrogen-bond acceptors (Lipinski definition) is 3. The molecule has 0 saturated carbocycles. The van der Waals surface area contributed by atoms with E-state index in [0.29, 0.717) is 5.56 Å². The highest BCUT2D eigenvalue weighted by Crippen LogP contribution is 2.24. The third-order valence-corrected chi connectivity index (χ3v) is 3.00. The molecule has 0 fully saturated rings. The summed E-state index contributed by atoms with van der Waals surface area (Å²) in [5.74, 6) is -0.614. The molecule has 1 aromatic carbocycles. The van der Waals surface area contributed by atoms with Crippen LogP contribution in [0.1, 0.15) is 32.4 Å². The second-order valence-corrected chi connectivity index (χ2v) is 6.37. The van der Waals surface area contributed by atoms with Crippen LogP contribution in [0.3, 0.4) is 0 Å². The van der Waals surface area contributed by atoms with Gasteiger partial charge in [0.2, 0.25) is 5.91 Å². The summed E-state index contributed by atoms with van der Waals surface area (Å²) >= 11 is 3.33. The Hall–Kier alpha value is -1.56. The van der Waals surface area contributed by atoms with E-state index in [0.717, 1.165) is 4.47 Å². The molecule has 1 rings (SSSR count). The van der Waals surface area contributed by atoms with Crippen molar-refractivity contribution in [2.45, 2.75) is 32.4 Å². The number of ether oxygens (including phenoxy) is 1. The molecule has 0 aliphatic heterocycles. The summed E-state index contributed by atoms with van der Waals surface area (Å²) in [6.45, 7) is 5.28. The predicted octanol–water partition coefficient (Wildman–Crippen LogP) is 2.84. The van der Waals surface area contributed by atoms with E-state index in [1.165, 1.54) is 11.9 Å². The highest BCUT2D eigenvalue weighted by molar-refractivity contribution is 9.10. The van der Waals surface area contributed by atoms with Crippen LogP contribution in [0, 0.1) is 0 Å². The molecule has 0 radical (unpaired) electrons. The highest BCUT2D eigenvalue weighted by Gasteiger charge is 2.30. The highest BCUT2D eigenvalue weighted by atomic mass is 79.9. The maximum atomic E-state index is 12.0. The molecular weight excluding hydrogens is 324 g/mol. The molecule has 20 heavy (non-hydrogen) atoms. The van der Waals surface area contributed by atoms with E-state index in [4.69, 9.17) is 10.5 Å².